The molecule has 0 bridgehead atoms. The van der Waals surface area contributed by atoms with Crippen molar-refractivity contribution in [1.82, 2.24) is 0 Å². The van der Waals surface area contributed by atoms with Gasteiger partial charge >= 0.3 is 0 Å². The number of carbonyl (C=O) groups is 1. The topological polar surface area (TPSA) is 107 Å². The molecule has 106 valence electrons. The first-order chi connectivity index (χ1) is 8.52. The SMILES string of the molecule is CCCC(CCC)C(=O)[C@@H](N)CCCN=C(N)N. The van der Waals surface area contributed by atoms with E-state index in [9.17, 15) is 4.79 Å². The van der Waals surface area contributed by atoms with E-state index >= 15 is 0 Å². The Balaban J connectivity index is 4.09. The predicted molar refractivity (Wildman–Crippen MR) is 76.2 cm³/mol. The summed E-state index contributed by atoms with van der Waals surface area (Å²) in [5.41, 5.74) is 16.4. The van der Waals surface area contributed by atoms with E-state index in [-0.39, 0.29) is 23.7 Å². The van der Waals surface area contributed by atoms with E-state index in [4.69, 9.17) is 17.2 Å². The molecule has 0 rings (SSSR count). The van der Waals surface area contributed by atoms with Gasteiger partial charge in [0.2, 0.25) is 0 Å². The van der Waals surface area contributed by atoms with Gasteiger partial charge in [0, 0.05) is 12.5 Å². The number of hydrogen-bond acceptors (Lipinski definition) is 3. The van der Waals surface area contributed by atoms with Crippen molar-refractivity contribution < 1.29 is 4.79 Å². The summed E-state index contributed by atoms with van der Waals surface area (Å²) in [6.07, 6.45) is 5.33. The van der Waals surface area contributed by atoms with Gasteiger partial charge in [0.1, 0.15) is 0 Å². The molecule has 0 heterocycles. The Kier molecular flexibility index (Phi) is 9.28. The van der Waals surface area contributed by atoms with Gasteiger partial charge in [-0.1, -0.05) is 26.7 Å². The molecule has 0 aromatic carbocycles. The first-order valence-corrected chi connectivity index (χ1v) is 6.87. The summed E-state index contributed by atoms with van der Waals surface area (Å²) in [6, 6.07) is -0.373. The number of guanidine groups is 1. The Hall–Kier alpha value is -1.10. The molecule has 0 radical (unpaired) electrons. The van der Waals surface area contributed by atoms with Crippen LogP contribution in [0.5, 0.6) is 0 Å². The van der Waals surface area contributed by atoms with E-state index in [1.165, 1.54) is 0 Å². The molecule has 0 unspecified atom stereocenters. The van der Waals surface area contributed by atoms with Crippen LogP contribution >= 0.6 is 0 Å². The molecule has 1 atom stereocenters. The van der Waals surface area contributed by atoms with Crippen molar-refractivity contribution in [2.45, 2.75) is 58.4 Å². The number of aliphatic imine (C=N–C) groups is 1. The van der Waals surface area contributed by atoms with Gasteiger partial charge in [-0.05, 0) is 25.7 Å². The maximum absolute atomic E-state index is 12.1. The molecule has 0 aliphatic carbocycles. The Labute approximate surface area is 110 Å². The molecule has 0 aliphatic rings. The number of nitrogens with zero attached hydrogens (tertiary/aromatic N) is 1. The zero-order valence-electron chi connectivity index (χ0n) is 11.7. The zero-order valence-corrected chi connectivity index (χ0v) is 11.7. The van der Waals surface area contributed by atoms with E-state index in [0.29, 0.717) is 13.0 Å². The third kappa shape index (κ3) is 7.27. The molecule has 0 aromatic heterocycles. The molecule has 0 amide bonds. The highest BCUT2D eigenvalue weighted by Gasteiger charge is 2.22. The van der Waals surface area contributed by atoms with Gasteiger partial charge in [0.05, 0.1) is 6.04 Å². The van der Waals surface area contributed by atoms with Crippen LogP contribution in [0.25, 0.3) is 0 Å². The normalized spacial score (nSPS) is 12.4. The summed E-state index contributed by atoms with van der Waals surface area (Å²) >= 11 is 0. The summed E-state index contributed by atoms with van der Waals surface area (Å²) in [5.74, 6) is 0.409. The summed E-state index contributed by atoms with van der Waals surface area (Å²) in [4.78, 5) is 16.0. The van der Waals surface area contributed by atoms with Crippen molar-refractivity contribution in [1.29, 1.82) is 0 Å². The highest BCUT2D eigenvalue weighted by atomic mass is 16.1. The van der Waals surface area contributed by atoms with Gasteiger partial charge < -0.3 is 17.2 Å². The fourth-order valence-electron chi connectivity index (χ4n) is 2.09. The Bertz CT molecular complexity index is 256. The van der Waals surface area contributed by atoms with Crippen LogP contribution in [0.2, 0.25) is 0 Å². The van der Waals surface area contributed by atoms with Crippen molar-refractivity contribution in [2.75, 3.05) is 6.54 Å². The number of hydrogen-bond donors (Lipinski definition) is 3. The lowest BCUT2D eigenvalue weighted by Crippen LogP contribution is -2.35. The van der Waals surface area contributed by atoms with Crippen LogP contribution in [0.3, 0.4) is 0 Å². The van der Waals surface area contributed by atoms with Gasteiger partial charge in [-0.3, -0.25) is 9.79 Å². The van der Waals surface area contributed by atoms with Gasteiger partial charge in [-0.25, -0.2) is 0 Å². The second kappa shape index (κ2) is 9.88. The molecule has 0 fully saturated rings. The summed E-state index contributed by atoms with van der Waals surface area (Å²) < 4.78 is 0. The van der Waals surface area contributed by atoms with Crippen LogP contribution in [-0.2, 0) is 4.79 Å². The van der Waals surface area contributed by atoms with Crippen LogP contribution in [0, 0.1) is 5.92 Å². The highest BCUT2D eigenvalue weighted by molar-refractivity contribution is 5.86. The second-order valence-corrected chi connectivity index (χ2v) is 4.73. The maximum atomic E-state index is 12.1. The number of carbonyl (C=O) groups excluding carboxylic acids is 1. The summed E-state index contributed by atoms with van der Waals surface area (Å²) in [6.45, 7) is 4.73. The first kappa shape index (κ1) is 16.9. The van der Waals surface area contributed by atoms with Gasteiger partial charge in [0.25, 0.3) is 0 Å². The van der Waals surface area contributed by atoms with Crippen LogP contribution in [0.15, 0.2) is 4.99 Å². The predicted octanol–water partition coefficient (Wildman–Crippen LogP) is 1.15. The lowest BCUT2D eigenvalue weighted by molar-refractivity contribution is -0.124. The van der Waals surface area contributed by atoms with Crippen molar-refractivity contribution in [3.8, 4) is 0 Å². The molecule has 0 aromatic rings. The van der Waals surface area contributed by atoms with Crippen LogP contribution in [0.1, 0.15) is 52.4 Å². The highest BCUT2D eigenvalue weighted by Crippen LogP contribution is 2.17. The minimum absolute atomic E-state index is 0.0877. The fraction of sp³-hybridized carbons (Fsp3) is 0.846. The third-order valence-corrected chi connectivity index (χ3v) is 3.01. The van der Waals surface area contributed by atoms with E-state index < -0.39 is 0 Å². The molecule has 5 heteroatoms. The van der Waals surface area contributed by atoms with Crippen molar-refractivity contribution in [3.63, 3.8) is 0 Å². The Morgan fingerprint density at radius 3 is 2.11 bits per heavy atom. The quantitative estimate of drug-likeness (QED) is 0.309. The van der Waals surface area contributed by atoms with Crippen LogP contribution in [0.4, 0.5) is 0 Å². The minimum atomic E-state index is -0.373. The Morgan fingerprint density at radius 1 is 1.11 bits per heavy atom. The monoisotopic (exact) mass is 256 g/mol. The zero-order chi connectivity index (χ0) is 14.0. The number of rotatable bonds is 10. The standard InChI is InChI=1S/C13H28N4O/c1-3-6-10(7-4-2)12(18)11(14)8-5-9-17-13(15)16/h10-11H,3-9,14H2,1-2H3,(H4,15,16,17)/t11-/m0/s1. The van der Waals surface area contributed by atoms with Gasteiger partial charge in [-0.2, -0.15) is 0 Å². The molecule has 0 saturated heterocycles. The molecular weight excluding hydrogens is 228 g/mol. The van der Waals surface area contributed by atoms with E-state index in [0.717, 1.165) is 32.1 Å². The molecule has 0 spiro atoms. The van der Waals surface area contributed by atoms with Crippen molar-refractivity contribution in [2.24, 2.45) is 28.1 Å². The largest absolute Gasteiger partial charge is 0.370 e. The molecule has 0 aliphatic heterocycles. The maximum Gasteiger partial charge on any atom is 0.185 e. The van der Waals surface area contributed by atoms with Crippen molar-refractivity contribution >= 4 is 11.7 Å². The number of nitrogens with two attached hydrogens (primary N) is 3. The first-order valence-electron chi connectivity index (χ1n) is 6.87. The van der Waals surface area contributed by atoms with E-state index in [1.807, 2.05) is 0 Å². The smallest absolute Gasteiger partial charge is 0.185 e. The lowest BCUT2D eigenvalue weighted by Gasteiger charge is -2.18. The van der Waals surface area contributed by atoms with Crippen LogP contribution in [-0.4, -0.2) is 24.3 Å². The third-order valence-electron chi connectivity index (χ3n) is 3.01. The van der Waals surface area contributed by atoms with Gasteiger partial charge in [-0.15, -0.1) is 0 Å². The Morgan fingerprint density at radius 2 is 1.67 bits per heavy atom. The average Bonchev–Trinajstić information content (AvgIpc) is 2.33. The van der Waals surface area contributed by atoms with E-state index in [1.54, 1.807) is 0 Å². The number of Topliss-reactive ketones (excluding diaryl/α,β-unsaturated/α-hetero) is 1. The van der Waals surface area contributed by atoms with E-state index in [2.05, 4.69) is 18.8 Å². The molecule has 18 heavy (non-hydrogen) atoms. The summed E-state index contributed by atoms with van der Waals surface area (Å²) in [7, 11) is 0. The molecule has 0 saturated carbocycles. The number of ketones is 1. The van der Waals surface area contributed by atoms with Crippen molar-refractivity contribution in [3.05, 3.63) is 0 Å². The summed E-state index contributed by atoms with van der Waals surface area (Å²) in [5, 5.41) is 0. The minimum Gasteiger partial charge on any atom is -0.370 e. The molecule has 5 nitrogen and oxygen atoms in total. The lowest BCUT2D eigenvalue weighted by atomic mass is 9.88. The molecular formula is C13H28N4O. The average molecular weight is 256 g/mol. The van der Waals surface area contributed by atoms with Crippen LogP contribution < -0.4 is 17.2 Å². The van der Waals surface area contributed by atoms with Gasteiger partial charge in [0.15, 0.2) is 11.7 Å². The fourth-order valence-corrected chi connectivity index (χ4v) is 2.09. The second-order valence-electron chi connectivity index (χ2n) is 4.73. The molecule has 6 N–H and O–H groups in total.